The number of anilines is 1. The van der Waals surface area contributed by atoms with Crippen molar-refractivity contribution in [3.05, 3.63) is 89.5 Å². The Kier molecular flexibility index (Phi) is 9.35. The van der Waals surface area contributed by atoms with Crippen LogP contribution in [0.5, 0.6) is 5.75 Å². The van der Waals surface area contributed by atoms with E-state index in [1.165, 1.54) is 27.9 Å². The van der Waals surface area contributed by atoms with Gasteiger partial charge in [0.1, 0.15) is 5.75 Å². The molecule has 0 bridgehead atoms. The average molecular weight is 602 g/mol. The van der Waals surface area contributed by atoms with E-state index in [1.54, 1.807) is 13.3 Å². The van der Waals surface area contributed by atoms with Gasteiger partial charge in [0.15, 0.2) is 5.82 Å². The van der Waals surface area contributed by atoms with Gasteiger partial charge in [-0.2, -0.15) is 31.6 Å². The normalized spacial score (nSPS) is 12.2. The lowest BCUT2D eigenvalue weighted by atomic mass is 9.94. The van der Waals surface area contributed by atoms with Gasteiger partial charge >= 0.3 is 12.3 Å². The lowest BCUT2D eigenvalue weighted by Crippen LogP contribution is -2.41. The van der Waals surface area contributed by atoms with Gasteiger partial charge in [0.05, 0.1) is 12.2 Å². The van der Waals surface area contributed by atoms with Crippen molar-refractivity contribution >= 4 is 29.2 Å². The summed E-state index contributed by atoms with van der Waals surface area (Å²) in [5.74, 6) is 0.471. The zero-order valence-electron chi connectivity index (χ0n) is 23.0. The van der Waals surface area contributed by atoms with Crippen LogP contribution in [0.3, 0.4) is 0 Å². The Hall–Kier alpha value is -4.19. The Labute approximate surface area is 245 Å². The van der Waals surface area contributed by atoms with Gasteiger partial charge in [-0.15, -0.1) is 5.10 Å². The highest BCUT2D eigenvalue weighted by molar-refractivity contribution is 7.80. The van der Waals surface area contributed by atoms with Gasteiger partial charge in [0, 0.05) is 30.1 Å². The number of hydrogen-bond donors (Lipinski definition) is 1. The van der Waals surface area contributed by atoms with Crippen LogP contribution in [0.25, 0.3) is 17.1 Å². The van der Waals surface area contributed by atoms with E-state index in [4.69, 9.17) is 12.2 Å². The minimum absolute atomic E-state index is 0.331. The van der Waals surface area contributed by atoms with Crippen molar-refractivity contribution in [2.24, 2.45) is 4.99 Å². The van der Waals surface area contributed by atoms with Crippen LogP contribution in [-0.2, 0) is 6.42 Å². The Balaban J connectivity index is 1.41. The highest BCUT2D eigenvalue weighted by Gasteiger charge is 2.61. The summed E-state index contributed by atoms with van der Waals surface area (Å²) in [7, 11) is 1.62. The van der Waals surface area contributed by atoms with Gasteiger partial charge in [-0.1, -0.05) is 74.6 Å². The van der Waals surface area contributed by atoms with Gasteiger partial charge in [-0.3, -0.25) is 4.99 Å². The number of aliphatic imine (C=N–C) groups is 1. The first-order valence-electron chi connectivity index (χ1n) is 13.0. The van der Waals surface area contributed by atoms with Crippen LogP contribution in [-0.4, -0.2) is 51.7 Å². The fourth-order valence-electron chi connectivity index (χ4n) is 4.14. The van der Waals surface area contributed by atoms with Gasteiger partial charge in [0.25, 0.3) is 0 Å². The Morgan fingerprint density at radius 2 is 1.67 bits per heavy atom. The Morgan fingerprint density at radius 3 is 2.29 bits per heavy atom. The van der Waals surface area contributed by atoms with Crippen molar-refractivity contribution in [2.75, 3.05) is 18.9 Å². The molecule has 0 amide bonds. The number of nitrogens with one attached hydrogen (secondary N) is 1. The molecule has 0 saturated carbocycles. The minimum atomic E-state index is -5.83. The number of rotatable bonds is 11. The van der Waals surface area contributed by atoms with Crippen molar-refractivity contribution in [3.8, 4) is 22.8 Å². The van der Waals surface area contributed by atoms with Crippen LogP contribution >= 0.6 is 12.2 Å². The standard InChI is InChI=1S/C30H28F5N5OS/c1-19(2)26-7-5-4-6-22(26)16-25(42)18-37-17-20-8-10-21(11-9-20)27-38-28(36-3)40(39-27)23-12-14-24(15-13-23)41-30(34,35)29(31,32)33/h4-15,17,19H,16,18H2,1-3H3,(H,36,38,39). The zero-order valence-corrected chi connectivity index (χ0v) is 23.8. The first-order chi connectivity index (χ1) is 19.9. The molecule has 4 aromatic rings. The summed E-state index contributed by atoms with van der Waals surface area (Å²) >= 11 is 5.57. The van der Waals surface area contributed by atoms with Crippen LogP contribution in [0.1, 0.15) is 36.5 Å². The van der Waals surface area contributed by atoms with E-state index in [2.05, 4.69) is 51.1 Å². The maximum atomic E-state index is 13.2. The van der Waals surface area contributed by atoms with Crippen molar-refractivity contribution in [2.45, 2.75) is 38.5 Å². The van der Waals surface area contributed by atoms with Gasteiger partial charge in [0.2, 0.25) is 5.95 Å². The number of halogens is 5. The zero-order chi connectivity index (χ0) is 30.5. The van der Waals surface area contributed by atoms with Crippen molar-refractivity contribution in [3.63, 3.8) is 0 Å². The van der Waals surface area contributed by atoms with Crippen molar-refractivity contribution in [1.29, 1.82) is 0 Å². The van der Waals surface area contributed by atoms with Crippen LogP contribution < -0.4 is 10.1 Å². The molecule has 0 atom stereocenters. The number of hydrogen-bond acceptors (Lipinski definition) is 6. The van der Waals surface area contributed by atoms with E-state index in [-0.39, 0.29) is 0 Å². The quantitative estimate of drug-likeness (QED) is 0.109. The van der Waals surface area contributed by atoms with E-state index in [1.807, 2.05) is 36.4 Å². The van der Waals surface area contributed by atoms with E-state index >= 15 is 0 Å². The van der Waals surface area contributed by atoms with E-state index < -0.39 is 18.0 Å². The molecule has 0 spiro atoms. The molecule has 42 heavy (non-hydrogen) atoms. The molecule has 0 aliphatic rings. The van der Waals surface area contributed by atoms with Crippen LogP contribution in [0, 0.1) is 0 Å². The summed E-state index contributed by atoms with van der Waals surface area (Å²) in [5.41, 5.74) is 4.44. The summed E-state index contributed by atoms with van der Waals surface area (Å²) in [6.07, 6.45) is -8.70. The molecule has 1 N–H and O–H groups in total. The summed E-state index contributed by atoms with van der Waals surface area (Å²) < 4.78 is 68.9. The summed E-state index contributed by atoms with van der Waals surface area (Å²) in [4.78, 5) is 9.80. The maximum Gasteiger partial charge on any atom is 0.499 e. The predicted octanol–water partition coefficient (Wildman–Crippen LogP) is 7.66. The fraction of sp³-hybridized carbons (Fsp3) is 0.267. The largest absolute Gasteiger partial charge is 0.499 e. The number of ether oxygens (including phenoxy) is 1. The average Bonchev–Trinajstić information content (AvgIpc) is 3.38. The molecule has 1 aromatic heterocycles. The van der Waals surface area contributed by atoms with Crippen LogP contribution in [0.15, 0.2) is 77.8 Å². The molecule has 4 rings (SSSR count). The number of aromatic nitrogens is 3. The molecular formula is C30H28F5N5OS. The molecule has 0 fully saturated rings. The second-order valence-electron chi connectivity index (χ2n) is 9.69. The lowest BCUT2D eigenvalue weighted by Gasteiger charge is -2.20. The number of alkyl halides is 5. The minimum Gasteiger partial charge on any atom is -0.426 e. The van der Waals surface area contributed by atoms with E-state index in [0.29, 0.717) is 41.9 Å². The van der Waals surface area contributed by atoms with Gasteiger partial charge < -0.3 is 10.1 Å². The molecule has 0 saturated heterocycles. The SMILES string of the molecule is CNc1nc(-c2ccc(C=NCC(=S)Cc3ccccc3C(C)C)cc2)nn1-c1ccc(OC(F)(F)C(F)(F)F)cc1. The molecular weight excluding hydrogens is 573 g/mol. The van der Waals surface area contributed by atoms with Crippen molar-refractivity contribution < 1.29 is 26.7 Å². The Bertz CT molecular complexity index is 1550. The number of benzene rings is 3. The maximum absolute atomic E-state index is 13.2. The summed E-state index contributed by atoms with van der Waals surface area (Å²) in [6, 6.07) is 20.3. The smallest absolute Gasteiger partial charge is 0.426 e. The van der Waals surface area contributed by atoms with E-state index in [0.717, 1.165) is 22.6 Å². The van der Waals surface area contributed by atoms with Crippen molar-refractivity contribution in [1.82, 2.24) is 14.8 Å². The second-order valence-corrected chi connectivity index (χ2v) is 10.3. The number of nitrogens with zero attached hydrogens (tertiary/aromatic N) is 4. The Morgan fingerprint density at radius 1 is 1.00 bits per heavy atom. The molecule has 0 radical (unpaired) electrons. The third-order valence-electron chi connectivity index (χ3n) is 6.23. The highest BCUT2D eigenvalue weighted by Crippen LogP contribution is 2.37. The predicted molar refractivity (Wildman–Crippen MR) is 157 cm³/mol. The molecule has 3 aromatic carbocycles. The molecule has 0 unspecified atom stereocenters. The highest BCUT2D eigenvalue weighted by atomic mass is 32.1. The van der Waals surface area contributed by atoms with E-state index in [9.17, 15) is 22.0 Å². The molecule has 6 nitrogen and oxygen atoms in total. The number of thiocarbonyl (C=S) groups is 1. The first kappa shape index (κ1) is 30.8. The monoisotopic (exact) mass is 601 g/mol. The summed E-state index contributed by atoms with van der Waals surface area (Å²) in [6.45, 7) is 4.75. The third-order valence-corrected chi connectivity index (χ3v) is 6.50. The molecule has 12 heteroatoms. The molecule has 0 aliphatic heterocycles. The van der Waals surface area contributed by atoms with Crippen LogP contribution in [0.2, 0.25) is 0 Å². The van der Waals surface area contributed by atoms with Gasteiger partial charge in [-0.25, -0.2) is 0 Å². The molecule has 220 valence electrons. The second kappa shape index (κ2) is 12.8. The first-order valence-corrected chi connectivity index (χ1v) is 13.4. The third kappa shape index (κ3) is 7.35. The van der Waals surface area contributed by atoms with Crippen LogP contribution in [0.4, 0.5) is 27.9 Å². The lowest BCUT2D eigenvalue weighted by molar-refractivity contribution is -0.360. The topological polar surface area (TPSA) is 64.3 Å². The van der Waals surface area contributed by atoms with Gasteiger partial charge in [-0.05, 0) is 46.9 Å². The molecule has 0 aliphatic carbocycles. The fourth-order valence-corrected chi connectivity index (χ4v) is 4.37. The molecule has 1 heterocycles. The summed E-state index contributed by atoms with van der Waals surface area (Å²) in [5, 5.41) is 7.35.